The molecule has 1 aliphatic rings. The minimum atomic E-state index is -1.04. The van der Waals surface area contributed by atoms with Gasteiger partial charge < -0.3 is 15.8 Å². The monoisotopic (exact) mass is 305 g/mol. The molecule has 0 aliphatic carbocycles. The molecular formula is C13H12BrN3O. The zero-order valence-corrected chi connectivity index (χ0v) is 11.1. The molecule has 0 spiro atoms. The smallest absolute Gasteiger partial charge is 0.263 e. The lowest BCUT2D eigenvalue weighted by Gasteiger charge is -2.24. The predicted octanol–water partition coefficient (Wildman–Crippen LogP) is 2.60. The maximum atomic E-state index is 6.24. The number of ether oxygens (including phenoxy) is 1. The van der Waals surface area contributed by atoms with Crippen LogP contribution in [0.25, 0.3) is 0 Å². The fourth-order valence-electron chi connectivity index (χ4n) is 1.96. The Morgan fingerprint density at radius 3 is 2.56 bits per heavy atom. The van der Waals surface area contributed by atoms with Crippen LogP contribution in [0.15, 0.2) is 46.9 Å². The summed E-state index contributed by atoms with van der Waals surface area (Å²) in [5.41, 5.74) is 14.3. The van der Waals surface area contributed by atoms with Gasteiger partial charge in [-0.15, -0.1) is 0 Å². The molecule has 2 aromatic rings. The SMILES string of the molecule is Nc1ccc2c(c1)NC(N)(c1ccc(Br)cc1)O2. The molecular weight excluding hydrogens is 294 g/mol. The Morgan fingerprint density at radius 1 is 1.11 bits per heavy atom. The second-order valence-electron chi connectivity index (χ2n) is 4.23. The van der Waals surface area contributed by atoms with Gasteiger partial charge in [-0.1, -0.05) is 28.1 Å². The second-order valence-corrected chi connectivity index (χ2v) is 5.14. The molecule has 1 atom stereocenters. The highest BCUT2D eigenvalue weighted by molar-refractivity contribution is 9.10. The summed E-state index contributed by atoms with van der Waals surface area (Å²) in [6, 6.07) is 13.1. The van der Waals surface area contributed by atoms with E-state index in [-0.39, 0.29) is 0 Å². The van der Waals surface area contributed by atoms with Gasteiger partial charge in [-0.25, -0.2) is 0 Å². The number of nitrogen functional groups attached to an aromatic ring is 1. The molecule has 0 bridgehead atoms. The summed E-state index contributed by atoms with van der Waals surface area (Å²) >= 11 is 3.39. The van der Waals surface area contributed by atoms with Gasteiger partial charge in [0.2, 0.25) is 0 Å². The third-order valence-corrected chi connectivity index (χ3v) is 3.40. The molecule has 3 rings (SSSR count). The first kappa shape index (κ1) is 11.4. The fraction of sp³-hybridized carbons (Fsp3) is 0.0769. The molecule has 4 nitrogen and oxygen atoms in total. The van der Waals surface area contributed by atoms with E-state index in [1.165, 1.54) is 0 Å². The number of fused-ring (bicyclic) bond motifs is 1. The molecule has 0 fully saturated rings. The van der Waals surface area contributed by atoms with Crippen molar-refractivity contribution < 1.29 is 4.74 Å². The minimum absolute atomic E-state index is 0.671. The Bertz CT molecular complexity index is 600. The topological polar surface area (TPSA) is 73.3 Å². The van der Waals surface area contributed by atoms with Crippen LogP contribution in [0.4, 0.5) is 11.4 Å². The first-order valence-electron chi connectivity index (χ1n) is 5.48. The van der Waals surface area contributed by atoms with E-state index in [1.54, 1.807) is 6.07 Å². The first-order chi connectivity index (χ1) is 8.57. The quantitative estimate of drug-likeness (QED) is 0.708. The van der Waals surface area contributed by atoms with Gasteiger partial charge in [0.05, 0.1) is 5.69 Å². The summed E-state index contributed by atoms with van der Waals surface area (Å²) in [7, 11) is 0. The second kappa shape index (κ2) is 3.90. The Morgan fingerprint density at radius 2 is 1.83 bits per heavy atom. The van der Waals surface area contributed by atoms with E-state index in [2.05, 4.69) is 21.2 Å². The van der Waals surface area contributed by atoms with E-state index < -0.39 is 5.85 Å². The molecule has 1 unspecified atom stereocenters. The molecule has 0 saturated carbocycles. The van der Waals surface area contributed by atoms with E-state index in [1.807, 2.05) is 36.4 Å². The maximum Gasteiger partial charge on any atom is 0.263 e. The van der Waals surface area contributed by atoms with E-state index >= 15 is 0 Å². The lowest BCUT2D eigenvalue weighted by molar-refractivity contribution is 0.126. The van der Waals surface area contributed by atoms with Gasteiger partial charge in [-0.05, 0) is 30.3 Å². The number of halogens is 1. The Hall–Kier alpha value is -1.72. The summed E-state index contributed by atoms with van der Waals surface area (Å²) in [4.78, 5) is 0. The lowest BCUT2D eigenvalue weighted by atomic mass is 10.1. The van der Waals surface area contributed by atoms with Crippen molar-refractivity contribution in [2.75, 3.05) is 11.1 Å². The van der Waals surface area contributed by atoms with Crippen LogP contribution in [0.5, 0.6) is 5.75 Å². The number of anilines is 2. The van der Waals surface area contributed by atoms with Gasteiger partial charge in [-0.3, -0.25) is 5.73 Å². The van der Waals surface area contributed by atoms with Crippen LogP contribution in [0, 0.1) is 0 Å². The number of nitrogens with two attached hydrogens (primary N) is 2. The highest BCUT2D eigenvalue weighted by Gasteiger charge is 2.36. The van der Waals surface area contributed by atoms with E-state index in [9.17, 15) is 0 Å². The van der Waals surface area contributed by atoms with E-state index in [0.717, 1.165) is 15.7 Å². The molecule has 0 saturated heterocycles. The molecule has 18 heavy (non-hydrogen) atoms. The summed E-state index contributed by atoms with van der Waals surface area (Å²) < 4.78 is 6.77. The van der Waals surface area contributed by atoms with Gasteiger partial charge in [0.25, 0.3) is 5.85 Å². The molecule has 0 aromatic heterocycles. The molecule has 1 heterocycles. The van der Waals surface area contributed by atoms with Crippen LogP contribution >= 0.6 is 15.9 Å². The number of hydrogen-bond acceptors (Lipinski definition) is 4. The normalized spacial score (nSPS) is 21.0. The number of hydrogen-bond donors (Lipinski definition) is 3. The van der Waals surface area contributed by atoms with Crippen molar-refractivity contribution in [3.63, 3.8) is 0 Å². The molecule has 0 amide bonds. The molecule has 1 aliphatic heterocycles. The van der Waals surface area contributed by atoms with Crippen LogP contribution in [-0.4, -0.2) is 0 Å². The van der Waals surface area contributed by atoms with Crippen molar-refractivity contribution in [3.8, 4) is 5.75 Å². The summed E-state index contributed by atoms with van der Waals surface area (Å²) in [6.45, 7) is 0. The Labute approximate surface area is 113 Å². The third-order valence-electron chi connectivity index (χ3n) is 2.87. The number of benzene rings is 2. The average molecular weight is 306 g/mol. The van der Waals surface area contributed by atoms with Crippen molar-refractivity contribution in [1.82, 2.24) is 0 Å². The van der Waals surface area contributed by atoms with Crippen molar-refractivity contribution in [2.45, 2.75) is 5.85 Å². The highest BCUT2D eigenvalue weighted by atomic mass is 79.9. The number of nitrogens with one attached hydrogen (secondary N) is 1. The molecule has 2 aromatic carbocycles. The predicted molar refractivity (Wildman–Crippen MR) is 75.1 cm³/mol. The molecule has 92 valence electrons. The molecule has 5 heteroatoms. The zero-order chi connectivity index (χ0) is 12.8. The van der Waals surface area contributed by atoms with Crippen LogP contribution in [0.1, 0.15) is 5.56 Å². The van der Waals surface area contributed by atoms with Crippen LogP contribution in [-0.2, 0) is 5.85 Å². The number of rotatable bonds is 1. The summed E-state index contributed by atoms with van der Waals surface area (Å²) in [5.74, 6) is -0.341. The van der Waals surface area contributed by atoms with Gasteiger partial charge in [0, 0.05) is 15.7 Å². The highest BCUT2D eigenvalue weighted by Crippen LogP contribution is 2.40. The minimum Gasteiger partial charge on any atom is -0.448 e. The van der Waals surface area contributed by atoms with Crippen LogP contribution in [0.3, 0.4) is 0 Å². The third kappa shape index (κ3) is 1.81. The van der Waals surface area contributed by atoms with Gasteiger partial charge in [-0.2, -0.15) is 0 Å². The van der Waals surface area contributed by atoms with Gasteiger partial charge in [0.1, 0.15) is 5.75 Å². The average Bonchev–Trinajstić information content (AvgIpc) is 2.66. The van der Waals surface area contributed by atoms with Crippen molar-refractivity contribution in [3.05, 3.63) is 52.5 Å². The maximum absolute atomic E-state index is 6.24. The van der Waals surface area contributed by atoms with E-state index in [4.69, 9.17) is 16.2 Å². The fourth-order valence-corrected chi connectivity index (χ4v) is 2.23. The largest absolute Gasteiger partial charge is 0.448 e. The van der Waals surface area contributed by atoms with Crippen molar-refractivity contribution >= 4 is 27.3 Å². The van der Waals surface area contributed by atoms with Crippen molar-refractivity contribution in [1.29, 1.82) is 0 Å². The standard InChI is InChI=1S/C13H12BrN3O/c14-9-3-1-8(2-4-9)13(16)17-11-7-10(15)5-6-12(11)18-13/h1-7,17H,15-16H2. The first-order valence-corrected chi connectivity index (χ1v) is 6.28. The summed E-state index contributed by atoms with van der Waals surface area (Å²) in [6.07, 6.45) is 0. The van der Waals surface area contributed by atoms with Crippen LogP contribution in [0.2, 0.25) is 0 Å². The van der Waals surface area contributed by atoms with Gasteiger partial charge in [0.15, 0.2) is 0 Å². The van der Waals surface area contributed by atoms with E-state index in [0.29, 0.717) is 11.4 Å². The Balaban J connectivity index is 1.98. The molecule has 5 N–H and O–H groups in total. The van der Waals surface area contributed by atoms with Crippen LogP contribution < -0.4 is 21.5 Å². The Kier molecular flexibility index (Phi) is 2.46. The zero-order valence-electron chi connectivity index (χ0n) is 9.48. The molecule has 0 radical (unpaired) electrons. The lowest BCUT2D eigenvalue weighted by Crippen LogP contribution is -2.46. The van der Waals surface area contributed by atoms with Gasteiger partial charge >= 0.3 is 0 Å². The summed E-state index contributed by atoms with van der Waals surface area (Å²) in [5, 5.41) is 3.15. The van der Waals surface area contributed by atoms with Crippen molar-refractivity contribution in [2.24, 2.45) is 5.73 Å².